The van der Waals surface area contributed by atoms with Crippen LogP contribution in [0.5, 0.6) is 0 Å². The van der Waals surface area contributed by atoms with Crippen LogP contribution in [0.25, 0.3) is 5.65 Å². The molecule has 0 unspecified atom stereocenters. The Balaban J connectivity index is 1.52. The first-order valence-corrected chi connectivity index (χ1v) is 9.48. The van der Waals surface area contributed by atoms with Crippen molar-refractivity contribution in [2.45, 2.75) is 46.7 Å². The lowest BCUT2D eigenvalue weighted by Crippen LogP contribution is -2.18. The molecule has 3 aromatic rings. The van der Waals surface area contributed by atoms with Crippen LogP contribution in [0, 0.1) is 20.8 Å². The van der Waals surface area contributed by atoms with Gasteiger partial charge in [0.1, 0.15) is 5.82 Å². The van der Waals surface area contributed by atoms with Crippen LogP contribution >= 0.6 is 0 Å². The minimum Gasteiger partial charge on any atom is -0.366 e. The largest absolute Gasteiger partial charge is 0.366 e. The van der Waals surface area contributed by atoms with Crippen molar-refractivity contribution < 1.29 is 0 Å². The van der Waals surface area contributed by atoms with E-state index < -0.39 is 0 Å². The predicted molar refractivity (Wildman–Crippen MR) is 105 cm³/mol. The van der Waals surface area contributed by atoms with E-state index >= 15 is 0 Å². The number of aryl methyl sites for hydroxylation is 3. The highest BCUT2D eigenvalue weighted by molar-refractivity contribution is 5.56. The summed E-state index contributed by atoms with van der Waals surface area (Å²) in [7, 11) is 0. The van der Waals surface area contributed by atoms with Gasteiger partial charge in [0, 0.05) is 30.4 Å². The van der Waals surface area contributed by atoms with Crippen molar-refractivity contribution >= 4 is 11.5 Å². The van der Waals surface area contributed by atoms with Gasteiger partial charge in [-0.1, -0.05) is 24.3 Å². The molecule has 0 saturated carbocycles. The molecule has 0 radical (unpaired) electrons. The van der Waals surface area contributed by atoms with Gasteiger partial charge < -0.3 is 5.32 Å². The zero-order chi connectivity index (χ0) is 18.1. The molecule has 3 heterocycles. The second-order valence-corrected chi connectivity index (χ2v) is 7.39. The number of hydrogen-bond acceptors (Lipinski definition) is 4. The Morgan fingerprint density at radius 3 is 2.62 bits per heavy atom. The molecule has 0 aliphatic carbocycles. The summed E-state index contributed by atoms with van der Waals surface area (Å²) in [5.74, 6) is 0.994. The quantitative estimate of drug-likeness (QED) is 0.760. The second kappa shape index (κ2) is 7.08. The van der Waals surface area contributed by atoms with E-state index in [4.69, 9.17) is 0 Å². The molecule has 1 aliphatic rings. The first-order chi connectivity index (χ1) is 12.6. The molecule has 5 nitrogen and oxygen atoms in total. The summed E-state index contributed by atoms with van der Waals surface area (Å²) >= 11 is 0. The Morgan fingerprint density at radius 2 is 1.81 bits per heavy atom. The van der Waals surface area contributed by atoms with Crippen molar-refractivity contribution in [2.24, 2.45) is 0 Å². The monoisotopic (exact) mass is 349 g/mol. The maximum Gasteiger partial charge on any atom is 0.160 e. The fourth-order valence-corrected chi connectivity index (χ4v) is 3.71. The highest BCUT2D eigenvalue weighted by Crippen LogP contribution is 2.19. The fourth-order valence-electron chi connectivity index (χ4n) is 3.71. The van der Waals surface area contributed by atoms with Gasteiger partial charge in [-0.2, -0.15) is 9.61 Å². The number of nitrogens with one attached hydrogen (secondary N) is 1. The summed E-state index contributed by atoms with van der Waals surface area (Å²) in [6.07, 6.45) is 2.67. The summed E-state index contributed by atoms with van der Waals surface area (Å²) in [6, 6.07) is 11.0. The Bertz CT molecular complexity index is 922. The lowest BCUT2D eigenvalue weighted by Gasteiger charge is -2.15. The SMILES string of the molecule is Cc1cc(NCc2cccc(CN3CCCC3)c2)n2nc(C)c(C)c2n1. The summed E-state index contributed by atoms with van der Waals surface area (Å²) in [6.45, 7) is 10.4. The standard InChI is InChI=1S/C21H27N5/c1-15-11-20(26-21(23-15)16(2)17(3)24-26)22-13-18-7-6-8-19(12-18)14-25-9-4-5-10-25/h6-8,11-12,22H,4-5,9-10,13-14H2,1-3H3. The van der Waals surface area contributed by atoms with Gasteiger partial charge in [-0.15, -0.1) is 0 Å². The van der Waals surface area contributed by atoms with Crippen molar-refractivity contribution in [3.05, 3.63) is 58.4 Å². The molecule has 4 rings (SSSR count). The molecule has 1 aliphatic heterocycles. The van der Waals surface area contributed by atoms with E-state index in [-0.39, 0.29) is 0 Å². The number of aromatic nitrogens is 3. The van der Waals surface area contributed by atoms with Crippen molar-refractivity contribution in [1.29, 1.82) is 0 Å². The number of rotatable bonds is 5. The van der Waals surface area contributed by atoms with Crippen LogP contribution in [0.4, 0.5) is 5.82 Å². The number of anilines is 1. The molecule has 136 valence electrons. The Labute approximate surface area is 155 Å². The Morgan fingerprint density at radius 1 is 1.04 bits per heavy atom. The van der Waals surface area contributed by atoms with Gasteiger partial charge in [0.2, 0.25) is 0 Å². The minimum atomic E-state index is 0.782. The van der Waals surface area contributed by atoms with Crippen LogP contribution < -0.4 is 5.32 Å². The number of benzene rings is 1. The van der Waals surface area contributed by atoms with Crippen molar-refractivity contribution in [1.82, 2.24) is 19.5 Å². The van der Waals surface area contributed by atoms with Crippen LogP contribution in [0.15, 0.2) is 30.3 Å². The van der Waals surface area contributed by atoms with Crippen molar-refractivity contribution in [2.75, 3.05) is 18.4 Å². The zero-order valence-corrected chi connectivity index (χ0v) is 15.9. The van der Waals surface area contributed by atoms with E-state index in [0.29, 0.717) is 0 Å². The minimum absolute atomic E-state index is 0.782. The van der Waals surface area contributed by atoms with Crippen LogP contribution in [0.3, 0.4) is 0 Å². The molecule has 26 heavy (non-hydrogen) atoms. The molecule has 0 spiro atoms. The molecule has 1 saturated heterocycles. The van der Waals surface area contributed by atoms with Gasteiger partial charge >= 0.3 is 0 Å². The van der Waals surface area contributed by atoms with Gasteiger partial charge in [0.25, 0.3) is 0 Å². The van der Waals surface area contributed by atoms with Crippen molar-refractivity contribution in [3.8, 4) is 0 Å². The average molecular weight is 349 g/mol. The number of hydrogen-bond donors (Lipinski definition) is 1. The maximum absolute atomic E-state index is 4.64. The van der Waals surface area contributed by atoms with Crippen LogP contribution in [-0.4, -0.2) is 32.6 Å². The van der Waals surface area contributed by atoms with Crippen LogP contribution in [0.2, 0.25) is 0 Å². The third-order valence-electron chi connectivity index (χ3n) is 5.25. The molecular formula is C21H27N5. The molecule has 1 fully saturated rings. The van der Waals surface area contributed by atoms with Gasteiger partial charge in [-0.25, -0.2) is 4.98 Å². The third-order valence-corrected chi connectivity index (χ3v) is 5.25. The van der Waals surface area contributed by atoms with E-state index in [1.165, 1.54) is 37.1 Å². The number of fused-ring (bicyclic) bond motifs is 1. The predicted octanol–water partition coefficient (Wildman–Crippen LogP) is 3.86. The highest BCUT2D eigenvalue weighted by Gasteiger charge is 2.13. The van der Waals surface area contributed by atoms with E-state index in [1.54, 1.807) is 0 Å². The molecule has 0 atom stereocenters. The first-order valence-electron chi connectivity index (χ1n) is 9.48. The number of likely N-dealkylation sites (tertiary alicyclic amines) is 1. The van der Waals surface area contributed by atoms with E-state index in [2.05, 4.69) is 57.6 Å². The van der Waals surface area contributed by atoms with Crippen molar-refractivity contribution in [3.63, 3.8) is 0 Å². The normalized spacial score (nSPS) is 15.0. The Kier molecular flexibility index (Phi) is 4.64. The molecule has 0 bridgehead atoms. The molecule has 1 aromatic carbocycles. The molecule has 1 N–H and O–H groups in total. The summed E-state index contributed by atoms with van der Waals surface area (Å²) < 4.78 is 1.92. The average Bonchev–Trinajstić information content (AvgIpc) is 3.23. The summed E-state index contributed by atoms with van der Waals surface area (Å²) in [5.41, 5.74) is 6.81. The molecular weight excluding hydrogens is 322 g/mol. The fraction of sp³-hybridized carbons (Fsp3) is 0.429. The molecule has 5 heteroatoms. The van der Waals surface area contributed by atoms with Gasteiger partial charge in [-0.3, -0.25) is 4.90 Å². The van der Waals surface area contributed by atoms with Crippen LogP contribution in [-0.2, 0) is 13.1 Å². The lowest BCUT2D eigenvalue weighted by molar-refractivity contribution is 0.331. The third kappa shape index (κ3) is 3.44. The summed E-state index contributed by atoms with van der Waals surface area (Å²) in [4.78, 5) is 7.18. The zero-order valence-electron chi connectivity index (χ0n) is 15.9. The summed E-state index contributed by atoms with van der Waals surface area (Å²) in [5, 5.41) is 8.19. The smallest absolute Gasteiger partial charge is 0.160 e. The molecule has 2 aromatic heterocycles. The lowest BCUT2D eigenvalue weighted by atomic mass is 10.1. The number of nitrogens with zero attached hydrogens (tertiary/aromatic N) is 4. The Hall–Kier alpha value is -2.40. The topological polar surface area (TPSA) is 45.5 Å². The highest BCUT2D eigenvalue weighted by atomic mass is 15.3. The van der Waals surface area contributed by atoms with Gasteiger partial charge in [0.05, 0.1) is 5.69 Å². The van der Waals surface area contributed by atoms with Crippen LogP contribution in [0.1, 0.15) is 40.9 Å². The maximum atomic E-state index is 4.64. The van der Waals surface area contributed by atoms with E-state index in [1.807, 2.05) is 18.4 Å². The van der Waals surface area contributed by atoms with E-state index in [0.717, 1.165) is 41.5 Å². The van der Waals surface area contributed by atoms with Gasteiger partial charge in [-0.05, 0) is 57.8 Å². The van der Waals surface area contributed by atoms with Gasteiger partial charge in [0.15, 0.2) is 5.65 Å². The molecule has 0 amide bonds. The second-order valence-electron chi connectivity index (χ2n) is 7.39. The first kappa shape index (κ1) is 17.0. The van der Waals surface area contributed by atoms with E-state index in [9.17, 15) is 0 Å².